The van der Waals surface area contributed by atoms with Gasteiger partial charge in [-0.15, -0.1) is 0 Å². The Morgan fingerprint density at radius 2 is 2.27 bits per heavy atom. The molecule has 4 N–H and O–H groups in total. The van der Waals surface area contributed by atoms with Gasteiger partial charge >= 0.3 is 0 Å². The molecule has 0 fully saturated rings. The number of hydrogen-bond donors (Lipinski definition) is 2. The summed E-state index contributed by atoms with van der Waals surface area (Å²) in [5.41, 5.74) is 13.6. The van der Waals surface area contributed by atoms with E-state index in [1.807, 2.05) is 25.4 Å². The number of nitrogens with two attached hydrogens (primary N) is 2. The molecular weight excluding hydrogens is 190 g/mol. The number of pyridine rings is 1. The van der Waals surface area contributed by atoms with Crippen molar-refractivity contribution in [2.75, 3.05) is 5.73 Å². The second kappa shape index (κ2) is 3.70. The van der Waals surface area contributed by atoms with Crippen LogP contribution < -0.4 is 11.5 Å². The van der Waals surface area contributed by atoms with Gasteiger partial charge in [0.1, 0.15) is 5.82 Å². The Bertz CT molecular complexity index is 462. The molecule has 2 aromatic rings. The van der Waals surface area contributed by atoms with Gasteiger partial charge in [-0.1, -0.05) is 6.07 Å². The van der Waals surface area contributed by atoms with Crippen LogP contribution in [-0.4, -0.2) is 14.8 Å². The smallest absolute Gasteiger partial charge is 0.128 e. The standard InChI is InChI=1S/C10H13N5/c1-15-6-7(5-14-15)9(11)8-3-2-4-13-10(8)12/h2-6,9H,11H2,1H3,(H2,12,13). The van der Waals surface area contributed by atoms with Gasteiger partial charge < -0.3 is 11.5 Å². The number of anilines is 1. The lowest BCUT2D eigenvalue weighted by Crippen LogP contribution is -2.13. The van der Waals surface area contributed by atoms with Gasteiger partial charge in [-0.05, 0) is 6.07 Å². The molecule has 2 rings (SSSR count). The molecule has 2 aromatic heterocycles. The topological polar surface area (TPSA) is 82.8 Å². The molecule has 5 heteroatoms. The van der Waals surface area contributed by atoms with E-state index in [1.165, 1.54) is 0 Å². The summed E-state index contributed by atoms with van der Waals surface area (Å²) in [5.74, 6) is 0.467. The largest absolute Gasteiger partial charge is 0.383 e. The number of hydrogen-bond acceptors (Lipinski definition) is 4. The SMILES string of the molecule is Cn1cc(C(N)c2cccnc2N)cn1. The van der Waals surface area contributed by atoms with Crippen molar-refractivity contribution in [3.63, 3.8) is 0 Å². The van der Waals surface area contributed by atoms with Gasteiger partial charge in [0, 0.05) is 30.6 Å². The predicted molar refractivity (Wildman–Crippen MR) is 57.9 cm³/mol. The molecule has 78 valence electrons. The van der Waals surface area contributed by atoms with Gasteiger partial charge in [0.15, 0.2) is 0 Å². The molecule has 0 aliphatic heterocycles. The van der Waals surface area contributed by atoms with E-state index >= 15 is 0 Å². The maximum Gasteiger partial charge on any atom is 0.128 e. The second-order valence-electron chi connectivity index (χ2n) is 3.40. The molecule has 0 aliphatic rings. The van der Waals surface area contributed by atoms with Gasteiger partial charge in [-0.3, -0.25) is 4.68 Å². The first kappa shape index (κ1) is 9.67. The summed E-state index contributed by atoms with van der Waals surface area (Å²) in [4.78, 5) is 4.00. The van der Waals surface area contributed by atoms with E-state index in [2.05, 4.69) is 10.1 Å². The minimum absolute atomic E-state index is 0.271. The third-order valence-electron chi connectivity index (χ3n) is 2.29. The van der Waals surface area contributed by atoms with Crippen LogP contribution in [0, 0.1) is 0 Å². The van der Waals surface area contributed by atoms with E-state index in [4.69, 9.17) is 11.5 Å². The van der Waals surface area contributed by atoms with Crippen molar-refractivity contribution in [2.24, 2.45) is 12.8 Å². The minimum atomic E-state index is -0.271. The molecular formula is C10H13N5. The third kappa shape index (κ3) is 1.82. The molecule has 2 heterocycles. The van der Waals surface area contributed by atoms with E-state index in [-0.39, 0.29) is 6.04 Å². The number of rotatable bonds is 2. The molecule has 1 atom stereocenters. The average Bonchev–Trinajstić information content (AvgIpc) is 2.65. The summed E-state index contributed by atoms with van der Waals surface area (Å²) in [7, 11) is 1.85. The summed E-state index contributed by atoms with van der Waals surface area (Å²) in [6.07, 6.45) is 5.25. The highest BCUT2D eigenvalue weighted by Gasteiger charge is 2.13. The predicted octanol–water partition coefficient (Wildman–Crippen LogP) is 0.445. The fraction of sp³-hybridized carbons (Fsp3) is 0.200. The normalized spacial score (nSPS) is 12.7. The summed E-state index contributed by atoms with van der Waals surface area (Å²) >= 11 is 0. The molecule has 5 nitrogen and oxygen atoms in total. The first-order valence-electron chi connectivity index (χ1n) is 4.63. The van der Waals surface area contributed by atoms with Crippen LogP contribution in [0.15, 0.2) is 30.7 Å². The molecule has 0 spiro atoms. The summed E-state index contributed by atoms with van der Waals surface area (Å²) < 4.78 is 1.71. The zero-order chi connectivity index (χ0) is 10.8. The lowest BCUT2D eigenvalue weighted by Gasteiger charge is -2.11. The monoisotopic (exact) mass is 203 g/mol. The Morgan fingerprint density at radius 3 is 2.87 bits per heavy atom. The second-order valence-corrected chi connectivity index (χ2v) is 3.40. The lowest BCUT2D eigenvalue weighted by molar-refractivity contribution is 0.765. The van der Waals surface area contributed by atoms with E-state index in [0.29, 0.717) is 5.82 Å². The number of aryl methyl sites for hydroxylation is 1. The zero-order valence-electron chi connectivity index (χ0n) is 8.46. The van der Waals surface area contributed by atoms with Crippen molar-refractivity contribution >= 4 is 5.82 Å². The molecule has 0 bridgehead atoms. The Morgan fingerprint density at radius 1 is 1.47 bits per heavy atom. The number of nitrogen functional groups attached to an aromatic ring is 1. The molecule has 0 amide bonds. The Kier molecular flexibility index (Phi) is 2.39. The third-order valence-corrected chi connectivity index (χ3v) is 2.29. The number of aromatic nitrogens is 3. The van der Waals surface area contributed by atoms with E-state index in [1.54, 1.807) is 17.1 Å². The van der Waals surface area contributed by atoms with Gasteiger partial charge in [0.2, 0.25) is 0 Å². The van der Waals surface area contributed by atoms with Crippen LogP contribution in [0.3, 0.4) is 0 Å². The van der Waals surface area contributed by atoms with E-state index in [0.717, 1.165) is 11.1 Å². The van der Waals surface area contributed by atoms with Crippen LogP contribution in [-0.2, 0) is 7.05 Å². The molecule has 0 aliphatic carbocycles. The highest BCUT2D eigenvalue weighted by Crippen LogP contribution is 2.21. The average molecular weight is 203 g/mol. The van der Waals surface area contributed by atoms with Gasteiger partial charge in [0.25, 0.3) is 0 Å². The molecule has 0 saturated carbocycles. The van der Waals surface area contributed by atoms with Crippen molar-refractivity contribution in [1.82, 2.24) is 14.8 Å². The maximum atomic E-state index is 6.06. The Hall–Kier alpha value is -1.88. The van der Waals surface area contributed by atoms with E-state index in [9.17, 15) is 0 Å². The summed E-state index contributed by atoms with van der Waals surface area (Å²) in [5, 5.41) is 4.07. The van der Waals surface area contributed by atoms with E-state index < -0.39 is 0 Å². The van der Waals surface area contributed by atoms with Crippen molar-refractivity contribution < 1.29 is 0 Å². The van der Waals surface area contributed by atoms with Crippen LogP contribution in [0.4, 0.5) is 5.82 Å². The van der Waals surface area contributed by atoms with Crippen molar-refractivity contribution in [2.45, 2.75) is 6.04 Å². The molecule has 0 radical (unpaired) electrons. The zero-order valence-corrected chi connectivity index (χ0v) is 8.46. The first-order chi connectivity index (χ1) is 7.18. The maximum absolute atomic E-state index is 6.06. The first-order valence-corrected chi connectivity index (χ1v) is 4.63. The molecule has 15 heavy (non-hydrogen) atoms. The highest BCUT2D eigenvalue weighted by molar-refractivity contribution is 5.44. The number of nitrogens with zero attached hydrogens (tertiary/aromatic N) is 3. The highest BCUT2D eigenvalue weighted by atomic mass is 15.2. The molecule has 0 aromatic carbocycles. The van der Waals surface area contributed by atoms with Crippen LogP contribution in [0.2, 0.25) is 0 Å². The summed E-state index contributed by atoms with van der Waals surface area (Å²) in [6.45, 7) is 0. The Labute approximate surface area is 87.7 Å². The van der Waals surface area contributed by atoms with Crippen LogP contribution in [0.25, 0.3) is 0 Å². The minimum Gasteiger partial charge on any atom is -0.383 e. The Balaban J connectivity index is 2.36. The lowest BCUT2D eigenvalue weighted by atomic mass is 10.0. The molecule has 0 saturated heterocycles. The fourth-order valence-corrected chi connectivity index (χ4v) is 1.47. The fourth-order valence-electron chi connectivity index (χ4n) is 1.47. The van der Waals surface area contributed by atoms with Crippen molar-refractivity contribution in [1.29, 1.82) is 0 Å². The van der Waals surface area contributed by atoms with Crippen LogP contribution in [0.5, 0.6) is 0 Å². The molecule has 1 unspecified atom stereocenters. The summed E-state index contributed by atoms with van der Waals surface area (Å²) in [6, 6.07) is 3.43. The van der Waals surface area contributed by atoms with Gasteiger partial charge in [-0.2, -0.15) is 5.10 Å². The van der Waals surface area contributed by atoms with Crippen molar-refractivity contribution in [3.8, 4) is 0 Å². The van der Waals surface area contributed by atoms with Crippen LogP contribution in [0.1, 0.15) is 17.2 Å². The van der Waals surface area contributed by atoms with Gasteiger partial charge in [-0.25, -0.2) is 4.98 Å². The van der Waals surface area contributed by atoms with Crippen molar-refractivity contribution in [3.05, 3.63) is 41.9 Å². The quantitative estimate of drug-likeness (QED) is 0.742. The van der Waals surface area contributed by atoms with Gasteiger partial charge in [0.05, 0.1) is 12.2 Å². The van der Waals surface area contributed by atoms with Crippen LogP contribution >= 0.6 is 0 Å².